The third-order valence-corrected chi connectivity index (χ3v) is 1.92. The van der Waals surface area contributed by atoms with Crippen LogP contribution in [0, 0.1) is 5.92 Å². The van der Waals surface area contributed by atoms with E-state index in [4.69, 9.17) is 0 Å². The lowest BCUT2D eigenvalue weighted by atomic mass is 9.96. The van der Waals surface area contributed by atoms with Gasteiger partial charge in [0.25, 0.3) is 0 Å². The molecule has 0 spiro atoms. The maximum absolute atomic E-state index is 11.3. The van der Waals surface area contributed by atoms with E-state index >= 15 is 0 Å². The van der Waals surface area contributed by atoms with E-state index < -0.39 is 0 Å². The molecule has 1 atom stereocenters. The van der Waals surface area contributed by atoms with Crippen LogP contribution in [0.2, 0.25) is 0 Å². The van der Waals surface area contributed by atoms with Crippen molar-refractivity contribution in [1.29, 1.82) is 0 Å². The van der Waals surface area contributed by atoms with Gasteiger partial charge in [0, 0.05) is 12.3 Å². The molecule has 0 bridgehead atoms. The number of carbonyl (C=O) groups is 2. The average molecular weight is 170 g/mol. The molecule has 0 amide bonds. The molecule has 0 aromatic rings. The summed E-state index contributed by atoms with van der Waals surface area (Å²) in [5, 5.41) is 0. The molecule has 0 radical (unpaired) electrons. The van der Waals surface area contributed by atoms with Crippen LogP contribution >= 0.6 is 0 Å². The molecule has 0 heterocycles. The summed E-state index contributed by atoms with van der Waals surface area (Å²) < 4.78 is 0. The molecule has 0 fully saturated rings. The van der Waals surface area contributed by atoms with Crippen molar-refractivity contribution in [3.63, 3.8) is 0 Å². The molecule has 0 aliphatic heterocycles. The highest BCUT2D eigenvalue weighted by molar-refractivity contribution is 6.37. The Labute approximate surface area is 74.3 Å². The van der Waals surface area contributed by atoms with E-state index in [1.807, 2.05) is 20.8 Å². The van der Waals surface area contributed by atoms with Crippen molar-refractivity contribution in [3.8, 4) is 0 Å². The van der Waals surface area contributed by atoms with E-state index in [-0.39, 0.29) is 17.5 Å². The third-order valence-electron chi connectivity index (χ3n) is 1.92. The van der Waals surface area contributed by atoms with Crippen molar-refractivity contribution in [2.45, 2.75) is 46.5 Å². The normalized spacial score (nSPS) is 12.6. The SMILES string of the molecule is CCCC(=O)C(=O)C(C)CCC. The minimum Gasteiger partial charge on any atom is -0.291 e. The smallest absolute Gasteiger partial charge is 0.201 e. The largest absolute Gasteiger partial charge is 0.291 e. The summed E-state index contributed by atoms with van der Waals surface area (Å²) in [6.45, 7) is 5.77. The zero-order chi connectivity index (χ0) is 9.56. The zero-order valence-corrected chi connectivity index (χ0v) is 8.22. The fourth-order valence-electron chi connectivity index (χ4n) is 1.19. The van der Waals surface area contributed by atoms with E-state index in [1.54, 1.807) is 0 Å². The maximum atomic E-state index is 11.3. The molecule has 0 aromatic carbocycles. The summed E-state index contributed by atoms with van der Waals surface area (Å²) in [4.78, 5) is 22.4. The predicted octanol–water partition coefficient (Wildman–Crippen LogP) is 2.36. The Balaban J connectivity index is 3.91. The Morgan fingerprint density at radius 1 is 1.17 bits per heavy atom. The molecule has 0 saturated carbocycles. The van der Waals surface area contributed by atoms with Gasteiger partial charge in [-0.25, -0.2) is 0 Å². The average Bonchev–Trinajstić information content (AvgIpc) is 2.04. The summed E-state index contributed by atoms with van der Waals surface area (Å²) in [5.41, 5.74) is 0. The Bertz CT molecular complexity index is 161. The lowest BCUT2D eigenvalue weighted by Gasteiger charge is -2.06. The Morgan fingerprint density at radius 3 is 2.17 bits per heavy atom. The van der Waals surface area contributed by atoms with Gasteiger partial charge < -0.3 is 0 Å². The lowest BCUT2D eigenvalue weighted by Crippen LogP contribution is -2.21. The van der Waals surface area contributed by atoms with Crippen molar-refractivity contribution < 1.29 is 9.59 Å². The van der Waals surface area contributed by atoms with Crippen LogP contribution < -0.4 is 0 Å². The fourth-order valence-corrected chi connectivity index (χ4v) is 1.19. The van der Waals surface area contributed by atoms with E-state index in [0.29, 0.717) is 6.42 Å². The molecular weight excluding hydrogens is 152 g/mol. The Hall–Kier alpha value is -0.660. The second-order valence-corrected chi connectivity index (χ2v) is 3.23. The molecule has 0 aromatic heterocycles. The first-order chi connectivity index (χ1) is 5.63. The van der Waals surface area contributed by atoms with E-state index in [0.717, 1.165) is 19.3 Å². The minimum absolute atomic E-state index is 0.0750. The number of rotatable bonds is 6. The molecule has 0 rings (SSSR count). The summed E-state index contributed by atoms with van der Waals surface area (Å²) >= 11 is 0. The molecule has 1 unspecified atom stereocenters. The molecule has 0 N–H and O–H groups in total. The highest BCUT2D eigenvalue weighted by Crippen LogP contribution is 2.08. The Kier molecular flexibility index (Phi) is 5.60. The van der Waals surface area contributed by atoms with Crippen LogP contribution in [0.4, 0.5) is 0 Å². The van der Waals surface area contributed by atoms with Crippen LogP contribution in [-0.4, -0.2) is 11.6 Å². The van der Waals surface area contributed by atoms with Gasteiger partial charge in [-0.3, -0.25) is 9.59 Å². The van der Waals surface area contributed by atoms with Gasteiger partial charge in [-0.15, -0.1) is 0 Å². The standard InChI is InChI=1S/C10H18O2/c1-4-6-8(3)10(12)9(11)7-5-2/h8H,4-7H2,1-3H3. The number of hydrogen-bond donors (Lipinski definition) is 0. The Morgan fingerprint density at radius 2 is 1.75 bits per heavy atom. The molecule has 70 valence electrons. The van der Waals surface area contributed by atoms with Crippen molar-refractivity contribution >= 4 is 11.6 Å². The first-order valence-corrected chi connectivity index (χ1v) is 4.70. The van der Waals surface area contributed by atoms with Crippen molar-refractivity contribution in [1.82, 2.24) is 0 Å². The van der Waals surface area contributed by atoms with E-state index in [9.17, 15) is 9.59 Å². The molecule has 0 saturated heterocycles. The van der Waals surface area contributed by atoms with Crippen LogP contribution in [0.1, 0.15) is 46.5 Å². The van der Waals surface area contributed by atoms with E-state index in [2.05, 4.69) is 0 Å². The molecular formula is C10H18O2. The summed E-state index contributed by atoms with van der Waals surface area (Å²) in [6, 6.07) is 0. The van der Waals surface area contributed by atoms with Gasteiger partial charge in [-0.2, -0.15) is 0 Å². The van der Waals surface area contributed by atoms with Gasteiger partial charge in [-0.05, 0) is 12.8 Å². The molecule has 12 heavy (non-hydrogen) atoms. The summed E-state index contributed by atoms with van der Waals surface area (Å²) in [6.07, 6.45) is 2.97. The maximum Gasteiger partial charge on any atom is 0.201 e. The minimum atomic E-state index is -0.196. The number of ketones is 2. The summed E-state index contributed by atoms with van der Waals surface area (Å²) in [5.74, 6) is -0.453. The first kappa shape index (κ1) is 11.3. The van der Waals surface area contributed by atoms with Crippen LogP contribution in [-0.2, 0) is 9.59 Å². The van der Waals surface area contributed by atoms with Gasteiger partial charge in [-0.1, -0.05) is 27.2 Å². The highest BCUT2D eigenvalue weighted by Gasteiger charge is 2.18. The first-order valence-electron chi connectivity index (χ1n) is 4.70. The zero-order valence-electron chi connectivity index (χ0n) is 8.22. The van der Waals surface area contributed by atoms with Gasteiger partial charge in [0.15, 0.2) is 5.78 Å². The van der Waals surface area contributed by atoms with Crippen LogP contribution in [0.15, 0.2) is 0 Å². The molecule has 0 aliphatic carbocycles. The van der Waals surface area contributed by atoms with Crippen molar-refractivity contribution in [2.75, 3.05) is 0 Å². The number of carbonyl (C=O) groups excluding carboxylic acids is 2. The second kappa shape index (κ2) is 5.92. The van der Waals surface area contributed by atoms with Crippen molar-refractivity contribution in [2.24, 2.45) is 5.92 Å². The number of hydrogen-bond acceptors (Lipinski definition) is 2. The van der Waals surface area contributed by atoms with Crippen LogP contribution in [0.5, 0.6) is 0 Å². The molecule has 2 nitrogen and oxygen atoms in total. The van der Waals surface area contributed by atoms with Gasteiger partial charge in [0.2, 0.25) is 5.78 Å². The summed E-state index contributed by atoms with van der Waals surface area (Å²) in [7, 11) is 0. The topological polar surface area (TPSA) is 34.1 Å². The van der Waals surface area contributed by atoms with Crippen LogP contribution in [0.3, 0.4) is 0 Å². The molecule has 2 heteroatoms. The fraction of sp³-hybridized carbons (Fsp3) is 0.800. The monoisotopic (exact) mass is 170 g/mol. The third kappa shape index (κ3) is 3.65. The second-order valence-electron chi connectivity index (χ2n) is 3.23. The molecule has 0 aliphatic rings. The number of Topliss-reactive ketones (excluding diaryl/α,β-unsaturated/α-hetero) is 2. The van der Waals surface area contributed by atoms with E-state index in [1.165, 1.54) is 0 Å². The predicted molar refractivity (Wildman–Crippen MR) is 49.0 cm³/mol. The lowest BCUT2D eigenvalue weighted by molar-refractivity contribution is -0.138. The highest BCUT2D eigenvalue weighted by atomic mass is 16.2. The van der Waals surface area contributed by atoms with Crippen molar-refractivity contribution in [3.05, 3.63) is 0 Å². The van der Waals surface area contributed by atoms with Gasteiger partial charge in [0.1, 0.15) is 0 Å². The van der Waals surface area contributed by atoms with Gasteiger partial charge >= 0.3 is 0 Å². The quantitative estimate of drug-likeness (QED) is 0.573. The van der Waals surface area contributed by atoms with Crippen LogP contribution in [0.25, 0.3) is 0 Å². The van der Waals surface area contributed by atoms with Gasteiger partial charge in [0.05, 0.1) is 0 Å².